The van der Waals surface area contributed by atoms with Gasteiger partial charge in [0.25, 0.3) is 0 Å². The molecule has 0 aliphatic heterocycles. The van der Waals surface area contributed by atoms with Crippen LogP contribution in [0, 0.1) is 11.7 Å². The lowest BCUT2D eigenvalue weighted by Gasteiger charge is -2.27. The van der Waals surface area contributed by atoms with Gasteiger partial charge in [0.1, 0.15) is 5.82 Å². The Morgan fingerprint density at radius 2 is 1.86 bits per heavy atom. The van der Waals surface area contributed by atoms with Crippen molar-refractivity contribution in [2.24, 2.45) is 11.7 Å². The zero-order chi connectivity index (χ0) is 15.7. The number of hydrogen-bond acceptors (Lipinski definition) is 2. The monoisotopic (exact) mass is 294 g/mol. The minimum Gasteiger partial charge on any atom is -0.330 e. The quantitative estimate of drug-likeness (QED) is 0.754. The zero-order valence-electron chi connectivity index (χ0n) is 13.1. The highest BCUT2D eigenvalue weighted by Crippen LogP contribution is 2.24. The molecule has 1 rings (SSSR count). The minimum atomic E-state index is -0.352. The van der Waals surface area contributed by atoms with Crippen molar-refractivity contribution in [2.45, 2.75) is 46.0 Å². The average Bonchev–Trinajstić information content (AvgIpc) is 2.49. The van der Waals surface area contributed by atoms with Gasteiger partial charge in [-0.25, -0.2) is 4.39 Å². The van der Waals surface area contributed by atoms with Crippen LogP contribution in [0.25, 0.3) is 0 Å². The Bertz CT molecular complexity index is 431. The molecule has 0 fully saturated rings. The predicted molar refractivity (Wildman–Crippen MR) is 85.7 cm³/mol. The first-order chi connectivity index (χ1) is 10.2. The lowest BCUT2D eigenvalue weighted by atomic mass is 9.96. The molecule has 21 heavy (non-hydrogen) atoms. The Morgan fingerprint density at radius 1 is 1.24 bits per heavy atom. The molecule has 3 nitrogen and oxygen atoms in total. The Morgan fingerprint density at radius 3 is 2.38 bits per heavy atom. The van der Waals surface area contributed by atoms with Crippen molar-refractivity contribution < 1.29 is 9.18 Å². The van der Waals surface area contributed by atoms with E-state index < -0.39 is 0 Å². The number of amides is 1. The molecule has 118 valence electrons. The summed E-state index contributed by atoms with van der Waals surface area (Å²) < 4.78 is 14.0. The Kier molecular flexibility index (Phi) is 7.98. The fraction of sp³-hybridized carbons (Fsp3) is 0.588. The molecule has 0 aromatic heterocycles. The third-order valence-corrected chi connectivity index (χ3v) is 3.62. The number of rotatable bonds is 9. The number of halogens is 1. The maximum absolute atomic E-state index is 14.0. The number of anilines is 1. The molecule has 0 heterocycles. The largest absolute Gasteiger partial charge is 0.330 e. The summed E-state index contributed by atoms with van der Waals surface area (Å²) in [7, 11) is 0. The van der Waals surface area contributed by atoms with Crippen LogP contribution in [0.1, 0.15) is 46.0 Å². The van der Waals surface area contributed by atoms with Gasteiger partial charge in [0.15, 0.2) is 0 Å². The van der Waals surface area contributed by atoms with Gasteiger partial charge < -0.3 is 10.6 Å². The highest BCUT2D eigenvalue weighted by atomic mass is 19.1. The number of hydrogen-bond donors (Lipinski definition) is 1. The van der Waals surface area contributed by atoms with Crippen LogP contribution in [0.4, 0.5) is 10.1 Å². The second-order valence-corrected chi connectivity index (χ2v) is 5.36. The molecule has 0 unspecified atom stereocenters. The second-order valence-electron chi connectivity index (χ2n) is 5.36. The van der Waals surface area contributed by atoms with Crippen LogP contribution in [0.2, 0.25) is 0 Å². The first-order valence-electron chi connectivity index (χ1n) is 7.91. The van der Waals surface area contributed by atoms with E-state index in [9.17, 15) is 9.18 Å². The molecule has 0 saturated heterocycles. The maximum Gasteiger partial charge on any atom is 0.230 e. The molecule has 0 bridgehead atoms. The van der Waals surface area contributed by atoms with Crippen molar-refractivity contribution in [3.63, 3.8) is 0 Å². The molecule has 0 saturated carbocycles. The molecule has 0 aliphatic rings. The summed E-state index contributed by atoms with van der Waals surface area (Å²) in [6.07, 6.45) is 4.28. The summed E-state index contributed by atoms with van der Waals surface area (Å²) in [5.74, 6) is -0.357. The van der Waals surface area contributed by atoms with E-state index in [4.69, 9.17) is 5.73 Å². The van der Waals surface area contributed by atoms with Crippen LogP contribution in [0.3, 0.4) is 0 Å². The van der Waals surface area contributed by atoms with Crippen LogP contribution in [0.15, 0.2) is 24.3 Å². The van der Waals surface area contributed by atoms with Gasteiger partial charge in [-0.2, -0.15) is 0 Å². The molecule has 0 aliphatic carbocycles. The number of nitrogens with zero attached hydrogens (tertiary/aromatic N) is 1. The van der Waals surface area contributed by atoms with E-state index >= 15 is 0 Å². The van der Waals surface area contributed by atoms with E-state index in [1.54, 1.807) is 23.1 Å². The van der Waals surface area contributed by atoms with E-state index in [0.717, 1.165) is 25.7 Å². The number of para-hydroxylation sites is 1. The molecule has 0 spiro atoms. The van der Waals surface area contributed by atoms with Crippen molar-refractivity contribution in [1.82, 2.24) is 0 Å². The summed E-state index contributed by atoms with van der Waals surface area (Å²) in [5, 5.41) is 0. The van der Waals surface area contributed by atoms with Gasteiger partial charge in [-0.05, 0) is 37.9 Å². The summed E-state index contributed by atoms with van der Waals surface area (Å²) in [4.78, 5) is 14.4. The van der Waals surface area contributed by atoms with Crippen LogP contribution >= 0.6 is 0 Å². The van der Waals surface area contributed by atoms with E-state index in [1.165, 1.54) is 6.07 Å². The van der Waals surface area contributed by atoms with E-state index in [1.807, 2.05) is 0 Å². The molecule has 0 radical (unpaired) electrons. The number of benzene rings is 1. The van der Waals surface area contributed by atoms with Gasteiger partial charge >= 0.3 is 0 Å². The lowest BCUT2D eigenvalue weighted by molar-refractivity contribution is -0.122. The fourth-order valence-corrected chi connectivity index (χ4v) is 2.58. The molecule has 0 atom stereocenters. The molecule has 2 N–H and O–H groups in total. The summed E-state index contributed by atoms with van der Waals surface area (Å²) in [5.41, 5.74) is 5.92. The molecular weight excluding hydrogens is 267 g/mol. The summed E-state index contributed by atoms with van der Waals surface area (Å²) >= 11 is 0. The summed E-state index contributed by atoms with van der Waals surface area (Å²) in [6, 6.07) is 6.46. The first kappa shape index (κ1) is 17.6. The highest BCUT2D eigenvalue weighted by molar-refractivity contribution is 5.95. The van der Waals surface area contributed by atoms with Gasteiger partial charge in [0, 0.05) is 12.5 Å². The number of carbonyl (C=O) groups is 1. The van der Waals surface area contributed by atoms with E-state index in [2.05, 4.69) is 13.8 Å². The van der Waals surface area contributed by atoms with Gasteiger partial charge in [0.05, 0.1) is 5.69 Å². The van der Waals surface area contributed by atoms with Crippen LogP contribution in [0.5, 0.6) is 0 Å². The minimum absolute atomic E-state index is 0.0252. The molecule has 4 heteroatoms. The van der Waals surface area contributed by atoms with Crippen molar-refractivity contribution in [2.75, 3.05) is 18.0 Å². The SMILES string of the molecule is CCCC(CCC)C(=O)N(CCCN)c1ccccc1F. The summed E-state index contributed by atoms with van der Waals surface area (Å²) in [6.45, 7) is 5.11. The fourth-order valence-electron chi connectivity index (χ4n) is 2.58. The standard InChI is InChI=1S/C17H27FN2O/c1-3-8-14(9-4-2)17(21)20(13-7-12-19)16-11-6-5-10-15(16)18/h5-6,10-11,14H,3-4,7-9,12-13,19H2,1-2H3. The predicted octanol–water partition coefficient (Wildman–Crippen LogP) is 3.72. The third-order valence-electron chi connectivity index (χ3n) is 3.62. The molecule has 1 amide bonds. The highest BCUT2D eigenvalue weighted by Gasteiger charge is 2.25. The second kappa shape index (κ2) is 9.50. The first-order valence-corrected chi connectivity index (χ1v) is 7.91. The van der Waals surface area contributed by atoms with Crippen LogP contribution in [-0.4, -0.2) is 19.0 Å². The van der Waals surface area contributed by atoms with Gasteiger partial charge in [-0.1, -0.05) is 38.8 Å². The van der Waals surface area contributed by atoms with Gasteiger partial charge in [-0.3, -0.25) is 4.79 Å². The van der Waals surface area contributed by atoms with Crippen molar-refractivity contribution in [3.8, 4) is 0 Å². The Hall–Kier alpha value is -1.42. The average molecular weight is 294 g/mol. The number of nitrogens with two attached hydrogens (primary N) is 1. The van der Waals surface area contributed by atoms with E-state index in [0.29, 0.717) is 25.2 Å². The third kappa shape index (κ3) is 5.12. The van der Waals surface area contributed by atoms with Crippen molar-refractivity contribution in [1.29, 1.82) is 0 Å². The van der Waals surface area contributed by atoms with Crippen molar-refractivity contribution in [3.05, 3.63) is 30.1 Å². The van der Waals surface area contributed by atoms with Crippen molar-refractivity contribution >= 4 is 11.6 Å². The van der Waals surface area contributed by atoms with E-state index in [-0.39, 0.29) is 17.6 Å². The normalized spacial score (nSPS) is 10.9. The maximum atomic E-state index is 14.0. The Balaban J connectivity index is 3.00. The molecular formula is C17H27FN2O. The smallest absolute Gasteiger partial charge is 0.230 e. The number of carbonyl (C=O) groups excluding carboxylic acids is 1. The lowest BCUT2D eigenvalue weighted by Crippen LogP contribution is -2.38. The van der Waals surface area contributed by atoms with Gasteiger partial charge in [-0.15, -0.1) is 0 Å². The topological polar surface area (TPSA) is 46.3 Å². The zero-order valence-corrected chi connectivity index (χ0v) is 13.1. The van der Waals surface area contributed by atoms with Crippen LogP contribution < -0.4 is 10.6 Å². The van der Waals surface area contributed by atoms with Crippen LogP contribution in [-0.2, 0) is 4.79 Å². The Labute approximate surface area is 127 Å². The molecule has 1 aromatic carbocycles. The van der Waals surface area contributed by atoms with Gasteiger partial charge in [0.2, 0.25) is 5.91 Å². The molecule has 1 aromatic rings.